The highest BCUT2D eigenvalue weighted by Gasteiger charge is 2.16. The van der Waals surface area contributed by atoms with Gasteiger partial charge in [-0.3, -0.25) is 0 Å². The maximum Gasteiger partial charge on any atom is 0.131 e. The van der Waals surface area contributed by atoms with Crippen molar-refractivity contribution in [2.75, 3.05) is 0 Å². The smallest absolute Gasteiger partial charge is 0.131 e. The average Bonchev–Trinajstić information content (AvgIpc) is 2.77. The lowest BCUT2D eigenvalue weighted by atomic mass is 10.0. The molecule has 0 spiro atoms. The summed E-state index contributed by atoms with van der Waals surface area (Å²) in [6.45, 7) is 0. The van der Waals surface area contributed by atoms with Gasteiger partial charge in [0, 0.05) is 27.1 Å². The number of fused-ring (bicyclic) bond motifs is 1. The van der Waals surface area contributed by atoms with E-state index in [0.717, 1.165) is 10.9 Å². The summed E-state index contributed by atoms with van der Waals surface area (Å²) in [5.41, 5.74) is 2.05. The molecule has 0 bridgehead atoms. The molecule has 0 aliphatic rings. The molecule has 0 atom stereocenters. The van der Waals surface area contributed by atoms with Crippen LogP contribution in [-0.4, -0.2) is 4.98 Å². The fourth-order valence-electron chi connectivity index (χ4n) is 2.19. The number of benzene rings is 2. The van der Waals surface area contributed by atoms with Gasteiger partial charge in [0.05, 0.1) is 0 Å². The molecule has 0 fully saturated rings. The van der Waals surface area contributed by atoms with E-state index in [9.17, 15) is 9.65 Å². The number of aromatic nitrogens is 1. The van der Waals surface area contributed by atoms with E-state index in [1.54, 1.807) is 36.4 Å². The van der Waals surface area contributed by atoms with Gasteiger partial charge >= 0.3 is 0 Å². The molecule has 1 aromatic heterocycles. The highest BCUT2D eigenvalue weighted by atomic mass is 35.5. The monoisotopic (exact) mass is 270 g/mol. The van der Waals surface area contributed by atoms with Gasteiger partial charge < -0.3 is 4.98 Å². The summed E-state index contributed by atoms with van der Waals surface area (Å²) in [4.78, 5) is 2.98. The van der Waals surface area contributed by atoms with Crippen molar-refractivity contribution in [2.45, 2.75) is 0 Å². The lowest BCUT2D eigenvalue weighted by Gasteiger charge is -2.02. The molecule has 0 unspecified atom stereocenters. The average molecular weight is 271 g/mol. The highest BCUT2D eigenvalue weighted by molar-refractivity contribution is 6.31. The molecular weight excluding hydrogens is 263 g/mol. The number of hydrogen-bond donors (Lipinski definition) is 1. The van der Waals surface area contributed by atoms with Crippen LogP contribution < -0.4 is 0 Å². The van der Waals surface area contributed by atoms with Crippen LogP contribution in [0.2, 0.25) is 5.02 Å². The van der Waals surface area contributed by atoms with Crippen molar-refractivity contribution in [1.29, 1.82) is 5.26 Å². The molecule has 3 aromatic rings. The predicted molar refractivity (Wildman–Crippen MR) is 73.4 cm³/mol. The number of nitrogens with zero attached hydrogens (tertiary/aromatic N) is 1. The van der Waals surface area contributed by atoms with Gasteiger partial charge in [-0.2, -0.15) is 5.26 Å². The largest absolute Gasteiger partial charge is 0.346 e. The Bertz CT molecular complexity index is 815. The van der Waals surface area contributed by atoms with Gasteiger partial charge in [0.2, 0.25) is 0 Å². The van der Waals surface area contributed by atoms with Gasteiger partial charge in [-0.15, -0.1) is 0 Å². The van der Waals surface area contributed by atoms with Crippen molar-refractivity contribution in [2.24, 2.45) is 0 Å². The van der Waals surface area contributed by atoms with Crippen molar-refractivity contribution >= 4 is 22.5 Å². The molecule has 2 nitrogen and oxygen atoms in total. The summed E-state index contributed by atoms with van der Waals surface area (Å²) in [5, 5.41) is 10.5. The molecule has 92 valence electrons. The van der Waals surface area contributed by atoms with Crippen LogP contribution in [0.25, 0.3) is 22.0 Å². The number of hydrogen-bond acceptors (Lipinski definition) is 1. The SMILES string of the molecule is N#Cc1[nH]c2ccc(Cl)cc2c1-c1ccccc1F. The first kappa shape index (κ1) is 11.8. The van der Waals surface area contributed by atoms with Gasteiger partial charge in [-0.1, -0.05) is 29.8 Å². The maximum atomic E-state index is 13.9. The van der Waals surface area contributed by atoms with E-state index in [1.807, 2.05) is 0 Å². The zero-order valence-electron chi connectivity index (χ0n) is 9.74. The van der Waals surface area contributed by atoms with Crippen molar-refractivity contribution in [3.63, 3.8) is 0 Å². The summed E-state index contributed by atoms with van der Waals surface area (Å²) < 4.78 is 13.9. The molecule has 1 heterocycles. The van der Waals surface area contributed by atoms with Gasteiger partial charge in [0.1, 0.15) is 17.6 Å². The van der Waals surface area contributed by atoms with Gasteiger partial charge in [0.25, 0.3) is 0 Å². The third-order valence-corrected chi connectivity index (χ3v) is 3.25. The third-order valence-electron chi connectivity index (χ3n) is 3.02. The van der Waals surface area contributed by atoms with E-state index < -0.39 is 0 Å². The topological polar surface area (TPSA) is 39.6 Å². The Morgan fingerprint density at radius 3 is 2.68 bits per heavy atom. The zero-order chi connectivity index (χ0) is 13.4. The standard InChI is InChI=1S/C15H8ClFN2/c16-9-5-6-13-11(7-9)15(14(8-18)19-13)10-3-1-2-4-12(10)17/h1-7,19H. The molecular formula is C15H8ClFN2. The first-order chi connectivity index (χ1) is 9.20. The summed E-state index contributed by atoms with van der Waals surface area (Å²) >= 11 is 5.98. The van der Waals surface area contributed by atoms with Crippen LogP contribution in [0.5, 0.6) is 0 Å². The Kier molecular flexibility index (Phi) is 2.73. The lowest BCUT2D eigenvalue weighted by molar-refractivity contribution is 0.631. The summed E-state index contributed by atoms with van der Waals surface area (Å²) in [6.07, 6.45) is 0. The number of halogens is 2. The Morgan fingerprint density at radius 1 is 1.16 bits per heavy atom. The fourth-order valence-corrected chi connectivity index (χ4v) is 2.36. The van der Waals surface area contributed by atoms with E-state index in [4.69, 9.17) is 11.6 Å². The lowest BCUT2D eigenvalue weighted by Crippen LogP contribution is -1.85. The Morgan fingerprint density at radius 2 is 1.95 bits per heavy atom. The van der Waals surface area contributed by atoms with Crippen LogP contribution in [-0.2, 0) is 0 Å². The summed E-state index contributed by atoms with van der Waals surface area (Å²) in [6, 6.07) is 13.7. The van der Waals surface area contributed by atoms with Crippen LogP contribution in [0.1, 0.15) is 5.69 Å². The Labute approximate surface area is 114 Å². The van der Waals surface area contributed by atoms with E-state index in [0.29, 0.717) is 21.8 Å². The third kappa shape index (κ3) is 1.87. The molecule has 0 radical (unpaired) electrons. The van der Waals surface area contributed by atoms with Crippen molar-refractivity contribution in [3.8, 4) is 17.2 Å². The Balaban J connectivity index is 2.43. The normalized spacial score (nSPS) is 10.6. The van der Waals surface area contributed by atoms with Crippen LogP contribution in [0.15, 0.2) is 42.5 Å². The van der Waals surface area contributed by atoms with Crippen molar-refractivity contribution in [3.05, 3.63) is 59.0 Å². The van der Waals surface area contributed by atoms with Gasteiger partial charge in [-0.05, 0) is 24.3 Å². The molecule has 0 saturated carbocycles. The molecule has 19 heavy (non-hydrogen) atoms. The molecule has 0 aliphatic carbocycles. The number of H-pyrrole nitrogens is 1. The summed E-state index contributed by atoms with van der Waals surface area (Å²) in [5.74, 6) is -0.361. The number of nitrogens with one attached hydrogen (secondary N) is 1. The molecule has 0 aliphatic heterocycles. The minimum Gasteiger partial charge on any atom is -0.346 e. The van der Waals surface area contributed by atoms with Crippen LogP contribution in [0.4, 0.5) is 4.39 Å². The number of rotatable bonds is 1. The highest BCUT2D eigenvalue weighted by Crippen LogP contribution is 2.34. The minimum absolute atomic E-state index is 0.336. The minimum atomic E-state index is -0.361. The maximum absolute atomic E-state index is 13.9. The van der Waals surface area contributed by atoms with Crippen molar-refractivity contribution in [1.82, 2.24) is 4.98 Å². The first-order valence-electron chi connectivity index (χ1n) is 5.67. The first-order valence-corrected chi connectivity index (χ1v) is 6.04. The molecule has 2 aromatic carbocycles. The van der Waals surface area contributed by atoms with Gasteiger partial charge in [0.15, 0.2) is 0 Å². The van der Waals surface area contributed by atoms with Crippen molar-refractivity contribution < 1.29 is 4.39 Å². The van der Waals surface area contributed by atoms with Crippen LogP contribution >= 0.6 is 11.6 Å². The zero-order valence-corrected chi connectivity index (χ0v) is 10.5. The second-order valence-corrected chi connectivity index (χ2v) is 4.59. The van der Waals surface area contributed by atoms with E-state index in [-0.39, 0.29) is 5.82 Å². The molecule has 0 saturated heterocycles. The molecule has 3 rings (SSSR count). The van der Waals surface area contributed by atoms with Gasteiger partial charge in [-0.25, -0.2) is 4.39 Å². The predicted octanol–water partition coefficient (Wildman–Crippen LogP) is 4.50. The fraction of sp³-hybridized carbons (Fsp3) is 0. The second-order valence-electron chi connectivity index (χ2n) is 4.16. The quantitative estimate of drug-likeness (QED) is 0.695. The van der Waals surface area contributed by atoms with E-state index in [1.165, 1.54) is 6.07 Å². The van der Waals surface area contributed by atoms with E-state index >= 15 is 0 Å². The molecule has 1 N–H and O–H groups in total. The van der Waals surface area contributed by atoms with Crippen LogP contribution in [0, 0.1) is 17.1 Å². The molecule has 4 heteroatoms. The molecule has 0 amide bonds. The number of aromatic amines is 1. The number of nitriles is 1. The summed E-state index contributed by atoms with van der Waals surface area (Å²) in [7, 11) is 0. The second kappa shape index (κ2) is 4.42. The van der Waals surface area contributed by atoms with Crippen LogP contribution in [0.3, 0.4) is 0 Å². The Hall–Kier alpha value is -2.31. The van der Waals surface area contributed by atoms with E-state index in [2.05, 4.69) is 11.1 Å².